The molecule has 2 aromatic carbocycles. The van der Waals surface area contributed by atoms with Gasteiger partial charge in [0.25, 0.3) is 0 Å². The molecule has 0 bridgehead atoms. The highest BCUT2D eigenvalue weighted by atomic mass is 16.1. The minimum Gasteiger partial charge on any atom is -0.298 e. The predicted molar refractivity (Wildman–Crippen MR) is 74.8 cm³/mol. The Morgan fingerprint density at radius 3 is 2.37 bits per heavy atom. The lowest BCUT2D eigenvalue weighted by Gasteiger charge is -2.04. The van der Waals surface area contributed by atoms with Gasteiger partial charge in [-0.1, -0.05) is 42.5 Å². The summed E-state index contributed by atoms with van der Waals surface area (Å²) in [6, 6.07) is 17.7. The van der Waals surface area contributed by atoms with Gasteiger partial charge in [-0.2, -0.15) is 5.10 Å². The van der Waals surface area contributed by atoms with E-state index in [9.17, 15) is 4.79 Å². The topological polar surface area (TPSA) is 45.8 Å². The number of hydrogen-bond donors (Lipinski definition) is 1. The number of H-pyrrole nitrogens is 1. The van der Waals surface area contributed by atoms with Gasteiger partial charge in [0.2, 0.25) is 0 Å². The van der Waals surface area contributed by atoms with Gasteiger partial charge in [-0.15, -0.1) is 0 Å². The summed E-state index contributed by atoms with van der Waals surface area (Å²) in [4.78, 5) is 10.7. The van der Waals surface area contributed by atoms with Crippen molar-refractivity contribution in [1.82, 2.24) is 10.2 Å². The normalized spacial score (nSPS) is 10.3. The van der Waals surface area contributed by atoms with Crippen molar-refractivity contribution in [2.24, 2.45) is 0 Å². The van der Waals surface area contributed by atoms with Gasteiger partial charge in [-0.25, -0.2) is 0 Å². The van der Waals surface area contributed by atoms with Gasteiger partial charge in [0.1, 0.15) is 6.29 Å². The number of aldehydes is 1. The molecule has 0 aliphatic carbocycles. The van der Waals surface area contributed by atoms with Crippen molar-refractivity contribution in [2.45, 2.75) is 0 Å². The molecule has 0 atom stereocenters. The van der Waals surface area contributed by atoms with Gasteiger partial charge in [0, 0.05) is 17.3 Å². The number of aromatic nitrogens is 2. The zero-order valence-electron chi connectivity index (χ0n) is 10.2. The lowest BCUT2D eigenvalue weighted by Crippen LogP contribution is -1.83. The third-order valence-electron chi connectivity index (χ3n) is 3.05. The molecular formula is C16H12N2O. The molecule has 92 valence electrons. The van der Waals surface area contributed by atoms with Crippen LogP contribution in [0.25, 0.3) is 22.4 Å². The molecule has 3 nitrogen and oxygen atoms in total. The van der Waals surface area contributed by atoms with Crippen molar-refractivity contribution in [1.29, 1.82) is 0 Å². The van der Waals surface area contributed by atoms with Gasteiger partial charge in [0.05, 0.1) is 5.69 Å². The SMILES string of the molecule is O=Cc1ccc(-c2cccc(-c3ccn[nH]3)c2)cc1. The lowest BCUT2D eigenvalue weighted by molar-refractivity contribution is 0.112. The Morgan fingerprint density at radius 1 is 0.895 bits per heavy atom. The second kappa shape index (κ2) is 4.90. The van der Waals surface area contributed by atoms with Gasteiger partial charge in [0.15, 0.2) is 0 Å². The first-order valence-corrected chi connectivity index (χ1v) is 6.02. The largest absolute Gasteiger partial charge is 0.298 e. The molecular weight excluding hydrogens is 236 g/mol. The zero-order chi connectivity index (χ0) is 13.1. The summed E-state index contributed by atoms with van der Waals surface area (Å²) in [7, 11) is 0. The quantitative estimate of drug-likeness (QED) is 0.720. The Hall–Kier alpha value is -2.68. The number of carbonyl (C=O) groups is 1. The molecule has 0 fully saturated rings. The molecule has 0 amide bonds. The number of aromatic amines is 1. The first kappa shape index (κ1) is 11.4. The highest BCUT2D eigenvalue weighted by Gasteiger charge is 2.02. The summed E-state index contributed by atoms with van der Waals surface area (Å²) in [6.07, 6.45) is 2.59. The van der Waals surface area contributed by atoms with E-state index in [-0.39, 0.29) is 0 Å². The molecule has 0 aliphatic rings. The van der Waals surface area contributed by atoms with E-state index in [0.717, 1.165) is 28.7 Å². The average Bonchev–Trinajstić information content (AvgIpc) is 3.02. The van der Waals surface area contributed by atoms with E-state index in [1.165, 1.54) is 0 Å². The Bertz CT molecular complexity index is 685. The molecule has 1 aromatic heterocycles. The van der Waals surface area contributed by atoms with Crippen molar-refractivity contribution >= 4 is 6.29 Å². The second-order valence-corrected chi connectivity index (χ2v) is 4.29. The zero-order valence-corrected chi connectivity index (χ0v) is 10.2. The fourth-order valence-electron chi connectivity index (χ4n) is 2.04. The van der Waals surface area contributed by atoms with E-state index in [1.54, 1.807) is 6.20 Å². The number of rotatable bonds is 3. The van der Waals surface area contributed by atoms with Crippen LogP contribution < -0.4 is 0 Å². The number of benzene rings is 2. The van der Waals surface area contributed by atoms with Crippen LogP contribution in [0.15, 0.2) is 60.8 Å². The summed E-state index contributed by atoms with van der Waals surface area (Å²) in [5, 5.41) is 6.91. The monoisotopic (exact) mass is 248 g/mol. The molecule has 0 spiro atoms. The van der Waals surface area contributed by atoms with Crippen LogP contribution in [-0.4, -0.2) is 16.5 Å². The van der Waals surface area contributed by atoms with Crippen molar-refractivity contribution < 1.29 is 4.79 Å². The molecule has 0 aliphatic heterocycles. The summed E-state index contributed by atoms with van der Waals surface area (Å²) < 4.78 is 0. The number of nitrogens with one attached hydrogen (secondary N) is 1. The highest BCUT2D eigenvalue weighted by molar-refractivity contribution is 5.77. The standard InChI is InChI=1S/C16H12N2O/c19-11-12-4-6-13(7-5-12)14-2-1-3-15(10-14)16-8-9-17-18-16/h1-11H,(H,17,18). The maximum Gasteiger partial charge on any atom is 0.150 e. The third kappa shape index (κ3) is 2.31. The molecule has 3 heteroatoms. The predicted octanol–water partition coefficient (Wildman–Crippen LogP) is 3.56. The van der Waals surface area contributed by atoms with E-state index < -0.39 is 0 Å². The molecule has 3 aromatic rings. The van der Waals surface area contributed by atoms with E-state index in [2.05, 4.69) is 22.3 Å². The minimum atomic E-state index is 0.688. The summed E-state index contributed by atoms with van der Waals surface area (Å²) in [5.41, 5.74) is 4.98. The molecule has 1 N–H and O–H groups in total. The summed E-state index contributed by atoms with van der Waals surface area (Å²) >= 11 is 0. The van der Waals surface area contributed by atoms with E-state index in [1.807, 2.05) is 42.5 Å². The third-order valence-corrected chi connectivity index (χ3v) is 3.05. The Kier molecular flexibility index (Phi) is 2.94. The van der Waals surface area contributed by atoms with Crippen LogP contribution in [0.2, 0.25) is 0 Å². The Morgan fingerprint density at radius 2 is 1.68 bits per heavy atom. The Labute approximate surface area is 110 Å². The molecule has 0 saturated heterocycles. The maximum absolute atomic E-state index is 10.7. The fourth-order valence-corrected chi connectivity index (χ4v) is 2.04. The number of nitrogens with zero attached hydrogens (tertiary/aromatic N) is 1. The van der Waals surface area contributed by atoms with Gasteiger partial charge in [-0.3, -0.25) is 9.89 Å². The van der Waals surface area contributed by atoms with Crippen molar-refractivity contribution in [2.75, 3.05) is 0 Å². The van der Waals surface area contributed by atoms with Crippen LogP contribution in [0.1, 0.15) is 10.4 Å². The van der Waals surface area contributed by atoms with Gasteiger partial charge in [-0.05, 0) is 23.3 Å². The van der Waals surface area contributed by atoms with Crippen LogP contribution >= 0.6 is 0 Å². The second-order valence-electron chi connectivity index (χ2n) is 4.29. The summed E-state index contributed by atoms with van der Waals surface area (Å²) in [5.74, 6) is 0. The van der Waals surface area contributed by atoms with E-state index >= 15 is 0 Å². The van der Waals surface area contributed by atoms with Gasteiger partial charge < -0.3 is 0 Å². The lowest BCUT2D eigenvalue weighted by atomic mass is 10.0. The van der Waals surface area contributed by atoms with Crippen LogP contribution in [0.3, 0.4) is 0 Å². The van der Waals surface area contributed by atoms with Crippen LogP contribution in [-0.2, 0) is 0 Å². The molecule has 19 heavy (non-hydrogen) atoms. The first-order chi connectivity index (χ1) is 9.36. The van der Waals surface area contributed by atoms with Gasteiger partial charge >= 0.3 is 0 Å². The molecule has 3 rings (SSSR count). The van der Waals surface area contributed by atoms with E-state index in [0.29, 0.717) is 5.56 Å². The van der Waals surface area contributed by atoms with Crippen molar-refractivity contribution in [3.8, 4) is 22.4 Å². The van der Waals surface area contributed by atoms with Crippen molar-refractivity contribution in [3.63, 3.8) is 0 Å². The summed E-state index contributed by atoms with van der Waals surface area (Å²) in [6.45, 7) is 0. The van der Waals surface area contributed by atoms with Crippen LogP contribution in [0.4, 0.5) is 0 Å². The fraction of sp³-hybridized carbons (Fsp3) is 0. The highest BCUT2D eigenvalue weighted by Crippen LogP contribution is 2.25. The number of carbonyl (C=O) groups excluding carboxylic acids is 1. The van der Waals surface area contributed by atoms with Crippen molar-refractivity contribution in [3.05, 3.63) is 66.4 Å². The average molecular weight is 248 g/mol. The maximum atomic E-state index is 10.7. The minimum absolute atomic E-state index is 0.688. The number of hydrogen-bond acceptors (Lipinski definition) is 2. The first-order valence-electron chi connectivity index (χ1n) is 6.02. The Balaban J connectivity index is 2.00. The van der Waals surface area contributed by atoms with Crippen LogP contribution in [0, 0.1) is 0 Å². The van der Waals surface area contributed by atoms with E-state index in [4.69, 9.17) is 0 Å². The molecule has 0 saturated carbocycles. The molecule has 0 unspecified atom stereocenters. The van der Waals surface area contributed by atoms with Crippen LogP contribution in [0.5, 0.6) is 0 Å². The molecule has 1 heterocycles. The molecule has 0 radical (unpaired) electrons. The smallest absolute Gasteiger partial charge is 0.150 e.